The monoisotopic (exact) mass is 483 g/mol. The van der Waals surface area contributed by atoms with Crippen LogP contribution in [0.2, 0.25) is 0 Å². The number of morpholine rings is 1. The van der Waals surface area contributed by atoms with Crippen molar-refractivity contribution in [3.05, 3.63) is 40.6 Å². The summed E-state index contributed by atoms with van der Waals surface area (Å²) in [7, 11) is 1.49. The van der Waals surface area contributed by atoms with Crippen molar-refractivity contribution >= 4 is 28.6 Å². The number of fused-ring (bicyclic) bond motifs is 1. The number of nitrogens with one attached hydrogen (secondary N) is 1. The number of nitrogens with zero attached hydrogens (tertiary/aromatic N) is 5. The molecule has 3 aromatic rings. The van der Waals surface area contributed by atoms with Gasteiger partial charge in [-0.25, -0.2) is 15.0 Å². The number of methoxy groups -OCH3 is 1. The summed E-state index contributed by atoms with van der Waals surface area (Å²) in [6, 6.07) is 3.37. The highest BCUT2D eigenvalue weighted by Gasteiger charge is 2.20. The largest absolute Gasteiger partial charge is 0.491 e. The summed E-state index contributed by atoms with van der Waals surface area (Å²) in [5.74, 6) is 0.497. The molecule has 1 fully saturated rings. The molecule has 3 N–H and O–H groups in total. The summed E-state index contributed by atoms with van der Waals surface area (Å²) >= 11 is 0. The van der Waals surface area contributed by atoms with Gasteiger partial charge >= 0.3 is 0 Å². The highest BCUT2D eigenvalue weighted by Crippen LogP contribution is 2.34. The summed E-state index contributed by atoms with van der Waals surface area (Å²) in [5, 5.41) is 3.00. The lowest BCUT2D eigenvalue weighted by Gasteiger charge is -2.26. The van der Waals surface area contributed by atoms with E-state index >= 15 is 0 Å². The fourth-order valence-electron chi connectivity index (χ4n) is 3.86. The third-order valence-corrected chi connectivity index (χ3v) is 5.67. The number of nitrogen functional groups attached to an aromatic ring is 1. The molecule has 1 aliphatic rings. The van der Waals surface area contributed by atoms with Gasteiger partial charge in [0.1, 0.15) is 17.0 Å². The van der Waals surface area contributed by atoms with Gasteiger partial charge in [-0.05, 0) is 25.5 Å². The number of rotatable bonds is 9. The van der Waals surface area contributed by atoms with Crippen LogP contribution in [0.15, 0.2) is 29.3 Å². The second kappa shape index (κ2) is 11.1. The van der Waals surface area contributed by atoms with Crippen molar-refractivity contribution in [2.45, 2.75) is 19.9 Å². The fourth-order valence-corrected chi connectivity index (χ4v) is 3.86. The number of ether oxygens (including phenoxy) is 3. The Kier molecular flexibility index (Phi) is 7.73. The van der Waals surface area contributed by atoms with Gasteiger partial charge in [-0.1, -0.05) is 0 Å². The molecule has 12 nitrogen and oxygen atoms in total. The first-order valence-corrected chi connectivity index (χ1v) is 11.4. The number of anilines is 2. The van der Waals surface area contributed by atoms with E-state index in [1.807, 2.05) is 0 Å². The van der Waals surface area contributed by atoms with Crippen LogP contribution in [0.1, 0.15) is 23.8 Å². The molecule has 3 heterocycles. The van der Waals surface area contributed by atoms with E-state index in [0.29, 0.717) is 35.6 Å². The molecular weight excluding hydrogens is 454 g/mol. The molecule has 1 amide bonds. The molecule has 186 valence electrons. The van der Waals surface area contributed by atoms with Crippen LogP contribution < -0.4 is 26.1 Å². The Labute approximate surface area is 202 Å². The van der Waals surface area contributed by atoms with E-state index in [4.69, 9.17) is 19.9 Å². The van der Waals surface area contributed by atoms with Crippen LogP contribution in [0.3, 0.4) is 0 Å². The van der Waals surface area contributed by atoms with E-state index < -0.39 is 5.91 Å². The van der Waals surface area contributed by atoms with Gasteiger partial charge in [-0.2, -0.15) is 0 Å². The van der Waals surface area contributed by atoms with Crippen LogP contribution in [0.25, 0.3) is 10.9 Å². The maximum Gasteiger partial charge on any atom is 0.278 e. The maximum absolute atomic E-state index is 13.2. The van der Waals surface area contributed by atoms with E-state index in [1.165, 1.54) is 24.1 Å². The second-order valence-corrected chi connectivity index (χ2v) is 7.91. The average molecular weight is 484 g/mol. The molecule has 4 rings (SSSR count). The molecular formula is C23H29N7O5. The van der Waals surface area contributed by atoms with Crippen molar-refractivity contribution in [1.29, 1.82) is 0 Å². The van der Waals surface area contributed by atoms with E-state index in [1.54, 1.807) is 19.1 Å². The van der Waals surface area contributed by atoms with Crippen molar-refractivity contribution in [2.24, 2.45) is 0 Å². The first kappa shape index (κ1) is 24.4. The summed E-state index contributed by atoms with van der Waals surface area (Å²) in [6.45, 7) is 6.82. The number of carbonyl (C=O) groups is 1. The summed E-state index contributed by atoms with van der Waals surface area (Å²) < 4.78 is 18.3. The Bertz CT molecular complexity index is 1240. The number of hydrogen-bond donors (Lipinski definition) is 2. The van der Waals surface area contributed by atoms with Crippen LogP contribution in [-0.4, -0.2) is 76.9 Å². The standard InChI is InChI=1S/C23H29N7O5/c1-3-30-22(32)15-5-6-17(35-10-4-7-29-8-11-34-12-9-29)20(33-2)19(15)27-23(30)28-21(31)16-13-26-18(24)14-25-16/h5-6,13-14H,3-4,7-12H2,1-2H3,(H2,24,26)(H,27,28,31). The van der Waals surface area contributed by atoms with Crippen molar-refractivity contribution < 1.29 is 19.0 Å². The quantitative estimate of drug-likeness (QED) is 0.425. The topological polar surface area (TPSA) is 147 Å². The predicted molar refractivity (Wildman–Crippen MR) is 130 cm³/mol. The zero-order valence-electron chi connectivity index (χ0n) is 19.8. The minimum atomic E-state index is -0.569. The Hall–Kier alpha value is -3.77. The van der Waals surface area contributed by atoms with Gasteiger partial charge in [-0.3, -0.25) is 24.4 Å². The highest BCUT2D eigenvalue weighted by atomic mass is 16.5. The molecule has 1 aromatic carbocycles. The van der Waals surface area contributed by atoms with E-state index in [-0.39, 0.29) is 23.0 Å². The number of nitrogens with two attached hydrogens (primary N) is 1. The molecule has 35 heavy (non-hydrogen) atoms. The van der Waals surface area contributed by atoms with Gasteiger partial charge in [0.05, 0.1) is 44.7 Å². The van der Waals surface area contributed by atoms with Crippen LogP contribution in [-0.2, 0) is 11.3 Å². The van der Waals surface area contributed by atoms with E-state index in [9.17, 15) is 9.59 Å². The number of carbonyl (C=O) groups excluding carboxylic acids is 1. The molecule has 0 saturated carbocycles. The summed E-state index contributed by atoms with van der Waals surface area (Å²) in [4.78, 5) is 40.6. The van der Waals surface area contributed by atoms with Gasteiger partial charge in [0.2, 0.25) is 5.95 Å². The minimum Gasteiger partial charge on any atom is -0.491 e. The number of amides is 1. The van der Waals surface area contributed by atoms with Crippen LogP contribution in [0.4, 0.5) is 11.8 Å². The van der Waals surface area contributed by atoms with Gasteiger partial charge in [0.15, 0.2) is 11.5 Å². The molecule has 0 bridgehead atoms. The minimum absolute atomic E-state index is 0.0421. The molecule has 0 spiro atoms. The zero-order valence-corrected chi connectivity index (χ0v) is 19.8. The Morgan fingerprint density at radius 1 is 1.23 bits per heavy atom. The zero-order chi connectivity index (χ0) is 24.8. The number of benzene rings is 1. The third kappa shape index (κ3) is 5.49. The Balaban J connectivity index is 1.58. The number of aromatic nitrogens is 4. The maximum atomic E-state index is 13.2. The Morgan fingerprint density at radius 3 is 2.71 bits per heavy atom. The SMILES string of the molecule is CCn1c(NC(=O)c2cnc(N)cn2)nc2c(OC)c(OCCCN3CCOCC3)ccc2c1=O. The van der Waals surface area contributed by atoms with Crippen molar-refractivity contribution in [1.82, 2.24) is 24.4 Å². The Morgan fingerprint density at radius 2 is 2.03 bits per heavy atom. The summed E-state index contributed by atoms with van der Waals surface area (Å²) in [5.41, 5.74) is 5.57. The molecule has 1 saturated heterocycles. The third-order valence-electron chi connectivity index (χ3n) is 5.67. The van der Waals surface area contributed by atoms with E-state index in [0.717, 1.165) is 39.3 Å². The molecule has 0 atom stereocenters. The molecule has 1 aliphatic heterocycles. The van der Waals surface area contributed by atoms with Gasteiger partial charge in [0, 0.05) is 26.2 Å². The smallest absolute Gasteiger partial charge is 0.278 e. The van der Waals surface area contributed by atoms with Gasteiger partial charge < -0.3 is 19.9 Å². The normalized spacial score (nSPS) is 14.1. The van der Waals surface area contributed by atoms with Crippen LogP contribution in [0, 0.1) is 0 Å². The fraction of sp³-hybridized carbons (Fsp3) is 0.435. The molecule has 0 unspecified atom stereocenters. The van der Waals surface area contributed by atoms with Crippen LogP contribution in [0.5, 0.6) is 11.5 Å². The highest BCUT2D eigenvalue weighted by molar-refractivity contribution is 6.02. The molecule has 2 aromatic heterocycles. The van der Waals surface area contributed by atoms with Gasteiger partial charge in [-0.15, -0.1) is 0 Å². The molecule has 0 aliphatic carbocycles. The average Bonchev–Trinajstić information content (AvgIpc) is 2.87. The van der Waals surface area contributed by atoms with Crippen molar-refractivity contribution in [3.63, 3.8) is 0 Å². The predicted octanol–water partition coefficient (Wildman–Crippen LogP) is 1.15. The first-order valence-electron chi connectivity index (χ1n) is 11.4. The van der Waals surface area contributed by atoms with Crippen molar-refractivity contribution in [2.75, 3.05) is 57.6 Å². The second-order valence-electron chi connectivity index (χ2n) is 7.91. The molecule has 12 heteroatoms. The lowest BCUT2D eigenvalue weighted by molar-refractivity contribution is 0.0357. The van der Waals surface area contributed by atoms with Crippen molar-refractivity contribution in [3.8, 4) is 11.5 Å². The summed E-state index contributed by atoms with van der Waals surface area (Å²) in [6.07, 6.45) is 3.36. The first-order chi connectivity index (χ1) is 17.0. The number of hydrogen-bond acceptors (Lipinski definition) is 10. The molecule has 0 radical (unpaired) electrons. The van der Waals surface area contributed by atoms with E-state index in [2.05, 4.69) is 25.2 Å². The van der Waals surface area contributed by atoms with Crippen LogP contribution >= 0.6 is 0 Å². The lowest BCUT2D eigenvalue weighted by Crippen LogP contribution is -2.37. The van der Waals surface area contributed by atoms with Gasteiger partial charge in [0.25, 0.3) is 11.5 Å². The lowest BCUT2D eigenvalue weighted by atomic mass is 10.2.